The number of nitrogen functional groups attached to an aromatic ring is 1. The van der Waals surface area contributed by atoms with E-state index in [-0.39, 0.29) is 27.5 Å². The molecule has 0 unspecified atom stereocenters. The van der Waals surface area contributed by atoms with Crippen molar-refractivity contribution in [3.8, 4) is 0 Å². The van der Waals surface area contributed by atoms with Crippen LogP contribution in [0.4, 0.5) is 26.5 Å². The molecule has 0 aliphatic heterocycles. The lowest BCUT2D eigenvalue weighted by atomic mass is 10.1. The highest BCUT2D eigenvalue weighted by Gasteiger charge is 2.27. The fourth-order valence-corrected chi connectivity index (χ4v) is 4.50. The standard InChI is InChI=1S/C26H22FN3O2S/c1-15-6-5-8-19(14-15)29-25(32)21-22(28)24(23(31)17-10-12-18(27)13-11-17)33-26(21)30-20-9-4-3-7-16(20)2/h3-14,30H,28H2,1-2H3,(H,29,32). The number of nitrogens with two attached hydrogens (primary N) is 1. The largest absolute Gasteiger partial charge is 0.397 e. The average molecular weight is 460 g/mol. The first kappa shape index (κ1) is 22.2. The van der Waals surface area contributed by atoms with Crippen LogP contribution in [0, 0.1) is 19.7 Å². The van der Waals surface area contributed by atoms with Crippen molar-refractivity contribution in [3.05, 3.63) is 106 Å². The summed E-state index contributed by atoms with van der Waals surface area (Å²) in [6, 6.07) is 20.3. The molecule has 4 rings (SSSR count). The molecular formula is C26H22FN3O2S. The molecule has 0 radical (unpaired) electrons. The minimum absolute atomic E-state index is 0.0792. The quantitative estimate of drug-likeness (QED) is 0.295. The van der Waals surface area contributed by atoms with E-state index in [1.54, 1.807) is 6.07 Å². The first-order chi connectivity index (χ1) is 15.8. The Hall–Kier alpha value is -3.97. The molecule has 0 saturated carbocycles. The molecule has 0 saturated heterocycles. The number of anilines is 4. The summed E-state index contributed by atoms with van der Waals surface area (Å²) in [6.07, 6.45) is 0. The van der Waals surface area contributed by atoms with E-state index in [1.807, 2.05) is 56.3 Å². The molecule has 5 nitrogen and oxygen atoms in total. The molecule has 0 aliphatic carbocycles. The molecule has 3 aromatic carbocycles. The predicted octanol–water partition coefficient (Wildman–Crippen LogP) is 6.31. The van der Waals surface area contributed by atoms with Gasteiger partial charge in [0.2, 0.25) is 5.78 Å². The minimum atomic E-state index is -0.439. The number of carbonyl (C=O) groups is 2. The van der Waals surface area contributed by atoms with Gasteiger partial charge in [-0.15, -0.1) is 11.3 Å². The molecule has 0 spiro atoms. The zero-order chi connectivity index (χ0) is 23.5. The maximum Gasteiger partial charge on any atom is 0.260 e. The zero-order valence-electron chi connectivity index (χ0n) is 18.1. The van der Waals surface area contributed by atoms with Crippen LogP contribution in [0.5, 0.6) is 0 Å². The lowest BCUT2D eigenvalue weighted by Gasteiger charge is -2.11. The van der Waals surface area contributed by atoms with E-state index >= 15 is 0 Å². The predicted molar refractivity (Wildman–Crippen MR) is 132 cm³/mol. The number of amides is 1. The Morgan fingerprint density at radius 2 is 1.67 bits per heavy atom. The SMILES string of the molecule is Cc1cccc(NC(=O)c2c(Nc3ccccc3C)sc(C(=O)c3ccc(F)cc3)c2N)c1. The van der Waals surface area contributed by atoms with Gasteiger partial charge in [-0.3, -0.25) is 9.59 Å². The molecule has 4 aromatic rings. The van der Waals surface area contributed by atoms with Crippen LogP contribution in [-0.4, -0.2) is 11.7 Å². The number of nitrogens with one attached hydrogen (secondary N) is 2. The molecule has 1 heterocycles. The van der Waals surface area contributed by atoms with Gasteiger partial charge in [0.15, 0.2) is 0 Å². The second-order valence-corrected chi connectivity index (χ2v) is 8.67. The summed E-state index contributed by atoms with van der Waals surface area (Å²) < 4.78 is 13.3. The van der Waals surface area contributed by atoms with Gasteiger partial charge in [-0.25, -0.2) is 4.39 Å². The Bertz CT molecular complexity index is 1350. The molecule has 0 atom stereocenters. The van der Waals surface area contributed by atoms with Gasteiger partial charge in [-0.1, -0.05) is 30.3 Å². The number of para-hydroxylation sites is 1. The number of hydrogen-bond donors (Lipinski definition) is 3. The Morgan fingerprint density at radius 1 is 0.939 bits per heavy atom. The number of halogens is 1. The Morgan fingerprint density at radius 3 is 2.36 bits per heavy atom. The third-order valence-electron chi connectivity index (χ3n) is 5.15. The van der Waals surface area contributed by atoms with Crippen molar-refractivity contribution >= 4 is 45.1 Å². The minimum Gasteiger partial charge on any atom is -0.397 e. The first-order valence-corrected chi connectivity index (χ1v) is 11.1. The van der Waals surface area contributed by atoms with E-state index < -0.39 is 11.7 Å². The molecule has 0 bridgehead atoms. The van der Waals surface area contributed by atoms with Crippen LogP contribution >= 0.6 is 11.3 Å². The summed E-state index contributed by atoms with van der Waals surface area (Å²) >= 11 is 1.10. The maximum atomic E-state index is 13.3. The second kappa shape index (κ2) is 9.26. The van der Waals surface area contributed by atoms with Gasteiger partial charge in [0.1, 0.15) is 15.7 Å². The smallest absolute Gasteiger partial charge is 0.260 e. The average Bonchev–Trinajstić information content (AvgIpc) is 3.11. The van der Waals surface area contributed by atoms with Gasteiger partial charge in [-0.05, 0) is 67.4 Å². The van der Waals surface area contributed by atoms with Gasteiger partial charge in [-0.2, -0.15) is 0 Å². The number of benzene rings is 3. The van der Waals surface area contributed by atoms with Gasteiger partial charge in [0.25, 0.3) is 5.91 Å². The van der Waals surface area contributed by atoms with Crippen molar-refractivity contribution in [1.29, 1.82) is 0 Å². The monoisotopic (exact) mass is 459 g/mol. The number of carbonyl (C=O) groups excluding carboxylic acids is 2. The normalized spacial score (nSPS) is 10.6. The molecule has 1 aromatic heterocycles. The fourth-order valence-electron chi connectivity index (χ4n) is 3.41. The van der Waals surface area contributed by atoms with Crippen molar-refractivity contribution < 1.29 is 14.0 Å². The molecule has 7 heteroatoms. The van der Waals surface area contributed by atoms with E-state index in [1.165, 1.54) is 24.3 Å². The number of aryl methyl sites for hydroxylation is 2. The van der Waals surface area contributed by atoms with Crippen molar-refractivity contribution in [1.82, 2.24) is 0 Å². The number of hydrogen-bond acceptors (Lipinski definition) is 5. The van der Waals surface area contributed by atoms with Gasteiger partial charge < -0.3 is 16.4 Å². The van der Waals surface area contributed by atoms with E-state index in [9.17, 15) is 14.0 Å². The molecule has 1 amide bonds. The summed E-state index contributed by atoms with van der Waals surface area (Å²) in [5.41, 5.74) is 10.3. The van der Waals surface area contributed by atoms with Crippen LogP contribution in [0.3, 0.4) is 0 Å². The van der Waals surface area contributed by atoms with Crippen LogP contribution in [0.15, 0.2) is 72.8 Å². The summed E-state index contributed by atoms with van der Waals surface area (Å²) in [7, 11) is 0. The summed E-state index contributed by atoms with van der Waals surface area (Å²) in [4.78, 5) is 26.6. The maximum absolute atomic E-state index is 13.3. The highest BCUT2D eigenvalue weighted by Crippen LogP contribution is 2.39. The molecule has 33 heavy (non-hydrogen) atoms. The van der Waals surface area contributed by atoms with E-state index in [2.05, 4.69) is 10.6 Å². The third kappa shape index (κ3) is 4.78. The molecule has 0 fully saturated rings. The van der Waals surface area contributed by atoms with Crippen LogP contribution in [0.1, 0.15) is 36.7 Å². The summed E-state index contributed by atoms with van der Waals surface area (Å²) in [6.45, 7) is 3.87. The van der Waals surface area contributed by atoms with E-state index in [4.69, 9.17) is 5.73 Å². The second-order valence-electron chi connectivity index (χ2n) is 7.65. The van der Waals surface area contributed by atoms with Crippen LogP contribution in [0.25, 0.3) is 0 Å². The Balaban J connectivity index is 1.77. The fraction of sp³-hybridized carbons (Fsp3) is 0.0769. The van der Waals surface area contributed by atoms with Crippen molar-refractivity contribution in [2.45, 2.75) is 13.8 Å². The number of ketones is 1. The lowest BCUT2D eigenvalue weighted by Crippen LogP contribution is -2.15. The van der Waals surface area contributed by atoms with Gasteiger partial charge in [0, 0.05) is 16.9 Å². The third-order valence-corrected chi connectivity index (χ3v) is 6.27. The van der Waals surface area contributed by atoms with Crippen molar-refractivity contribution in [2.24, 2.45) is 0 Å². The zero-order valence-corrected chi connectivity index (χ0v) is 18.9. The number of rotatable bonds is 6. The molecule has 166 valence electrons. The van der Waals surface area contributed by atoms with E-state index in [0.717, 1.165) is 28.2 Å². The molecular weight excluding hydrogens is 437 g/mol. The highest BCUT2D eigenvalue weighted by atomic mass is 32.1. The topological polar surface area (TPSA) is 84.2 Å². The van der Waals surface area contributed by atoms with Crippen molar-refractivity contribution in [3.63, 3.8) is 0 Å². The van der Waals surface area contributed by atoms with Gasteiger partial charge in [0.05, 0.1) is 11.3 Å². The summed E-state index contributed by atoms with van der Waals surface area (Å²) in [5, 5.41) is 6.58. The van der Waals surface area contributed by atoms with Crippen LogP contribution < -0.4 is 16.4 Å². The molecule has 0 aliphatic rings. The highest BCUT2D eigenvalue weighted by molar-refractivity contribution is 7.19. The van der Waals surface area contributed by atoms with Crippen LogP contribution in [-0.2, 0) is 0 Å². The lowest BCUT2D eigenvalue weighted by molar-refractivity contribution is 0.102. The molecule has 4 N–H and O–H groups in total. The summed E-state index contributed by atoms with van der Waals surface area (Å²) in [5.74, 6) is -1.24. The van der Waals surface area contributed by atoms with Crippen LogP contribution in [0.2, 0.25) is 0 Å². The van der Waals surface area contributed by atoms with E-state index in [0.29, 0.717) is 10.7 Å². The Labute approximate surface area is 195 Å². The van der Waals surface area contributed by atoms with Crippen molar-refractivity contribution in [2.75, 3.05) is 16.4 Å². The first-order valence-electron chi connectivity index (χ1n) is 10.3. The number of thiophene rings is 1. The van der Waals surface area contributed by atoms with Gasteiger partial charge >= 0.3 is 0 Å². The Kier molecular flexibility index (Phi) is 6.24.